The van der Waals surface area contributed by atoms with Crippen LogP contribution in [0.15, 0.2) is 57.7 Å². The van der Waals surface area contributed by atoms with E-state index in [1.807, 2.05) is 30.3 Å². The lowest BCUT2D eigenvalue weighted by atomic mass is 9.78. The van der Waals surface area contributed by atoms with E-state index in [1.54, 1.807) is 12.4 Å². The summed E-state index contributed by atoms with van der Waals surface area (Å²) in [4.78, 5) is 20.7. The van der Waals surface area contributed by atoms with Gasteiger partial charge in [-0.1, -0.05) is 18.2 Å². The number of para-hydroxylation sites is 1. The third kappa shape index (κ3) is 1.07. The Kier molecular flexibility index (Phi) is 1.73. The first kappa shape index (κ1) is 10.3. The zero-order valence-electron chi connectivity index (χ0n) is 10.9. The molecule has 19 heavy (non-hydrogen) atoms. The number of primary amides is 1. The molecule has 1 aromatic rings. The molecule has 2 aliphatic heterocycles. The van der Waals surface area contributed by atoms with E-state index in [4.69, 9.17) is 5.73 Å². The van der Waals surface area contributed by atoms with Gasteiger partial charge in [-0.3, -0.25) is 9.79 Å². The summed E-state index contributed by atoms with van der Waals surface area (Å²) in [5, 5.41) is 3.11. The van der Waals surface area contributed by atoms with Gasteiger partial charge in [-0.05, 0) is 18.2 Å². The Hall–Kier alpha value is -2.69. The van der Waals surface area contributed by atoms with Gasteiger partial charge in [-0.15, -0.1) is 0 Å². The number of carbonyl (C=O) groups is 1. The van der Waals surface area contributed by atoms with E-state index in [0.29, 0.717) is 11.3 Å². The van der Waals surface area contributed by atoms with Gasteiger partial charge in [0, 0.05) is 5.56 Å². The van der Waals surface area contributed by atoms with E-state index in [2.05, 4.69) is 15.3 Å². The molecule has 0 aromatic heterocycles. The van der Waals surface area contributed by atoms with Crippen molar-refractivity contribution < 1.29 is 6.22 Å². The molecular weight excluding hydrogens is 240 g/mol. The smallest absolute Gasteiger partial charge is 0.366 e. The lowest BCUT2D eigenvalue weighted by Crippen LogP contribution is -2.39. The molecule has 92 valence electrons. The number of nitrogens with zero attached hydrogens (tertiary/aromatic N) is 2. The van der Waals surface area contributed by atoms with Crippen molar-refractivity contribution in [1.82, 2.24) is 5.32 Å². The number of nitrogens with two attached hydrogens (primary N) is 1. The molecule has 1 aliphatic carbocycles. The topological polar surface area (TPSA) is 79.8 Å². The number of hydrogen-bond acceptors (Lipinski definition) is 4. The highest BCUT2D eigenvalue weighted by atomic mass is 16.1. The quantitative estimate of drug-likeness (QED) is 0.781. The van der Waals surface area contributed by atoms with E-state index in [1.165, 1.54) is 0 Å². The minimum atomic E-state index is -0.713. The minimum absolute atomic E-state index is 0. The van der Waals surface area contributed by atoms with Crippen LogP contribution in [0.25, 0.3) is 0 Å². The zero-order valence-corrected chi connectivity index (χ0v) is 9.92. The summed E-state index contributed by atoms with van der Waals surface area (Å²) in [7, 11) is 0. The number of allylic oxidation sites excluding steroid dienone is 2. The lowest BCUT2D eigenvalue weighted by molar-refractivity contribution is -0.114. The van der Waals surface area contributed by atoms with Crippen LogP contribution < -0.4 is 11.1 Å². The molecular formula is C14H11N4O+. The van der Waals surface area contributed by atoms with Gasteiger partial charge >= 0.3 is 1.43 Å². The summed E-state index contributed by atoms with van der Waals surface area (Å²) in [6.45, 7) is 0. The Morgan fingerprint density at radius 1 is 1.32 bits per heavy atom. The van der Waals surface area contributed by atoms with E-state index < -0.39 is 11.4 Å². The lowest BCUT2D eigenvalue weighted by Gasteiger charge is -2.28. The molecule has 0 radical (unpaired) electrons. The van der Waals surface area contributed by atoms with Crippen LogP contribution in [0.4, 0.5) is 5.69 Å². The molecule has 1 amide bonds. The predicted molar refractivity (Wildman–Crippen MR) is 73.3 cm³/mol. The van der Waals surface area contributed by atoms with Crippen molar-refractivity contribution in [3.63, 3.8) is 0 Å². The van der Waals surface area contributed by atoms with E-state index >= 15 is 0 Å². The first-order chi connectivity index (χ1) is 9.23. The van der Waals surface area contributed by atoms with Gasteiger partial charge in [-0.25, -0.2) is 4.99 Å². The van der Waals surface area contributed by atoms with Gasteiger partial charge in [0.05, 0.1) is 29.0 Å². The zero-order chi connectivity index (χ0) is 13.0. The third-order valence-electron chi connectivity index (χ3n) is 3.67. The van der Waals surface area contributed by atoms with Gasteiger partial charge in [0.1, 0.15) is 0 Å². The fourth-order valence-electron chi connectivity index (χ4n) is 2.85. The summed E-state index contributed by atoms with van der Waals surface area (Å²) >= 11 is 0. The first-order valence-electron chi connectivity index (χ1n) is 5.95. The fourth-order valence-corrected chi connectivity index (χ4v) is 2.85. The second kappa shape index (κ2) is 3.20. The first-order valence-corrected chi connectivity index (χ1v) is 5.95. The van der Waals surface area contributed by atoms with Crippen molar-refractivity contribution in [2.24, 2.45) is 15.7 Å². The summed E-state index contributed by atoms with van der Waals surface area (Å²) in [6.07, 6.45) is 5.18. The fraction of sp³-hybridized carbons (Fsp3) is 0.0714. The van der Waals surface area contributed by atoms with Crippen LogP contribution in [0, 0.1) is 0 Å². The Labute approximate surface area is 110 Å². The van der Waals surface area contributed by atoms with Crippen molar-refractivity contribution in [2.75, 3.05) is 0 Å². The molecule has 5 nitrogen and oxygen atoms in total. The molecule has 1 atom stereocenters. The van der Waals surface area contributed by atoms with E-state index in [0.717, 1.165) is 16.9 Å². The van der Waals surface area contributed by atoms with Crippen LogP contribution in [0.1, 0.15) is 6.99 Å². The molecule has 0 fully saturated rings. The van der Waals surface area contributed by atoms with Crippen molar-refractivity contribution in [3.8, 4) is 0 Å². The van der Waals surface area contributed by atoms with Crippen molar-refractivity contribution in [3.05, 3.63) is 53.3 Å². The molecule has 0 bridgehead atoms. The van der Waals surface area contributed by atoms with Gasteiger partial charge in [0.15, 0.2) is 5.54 Å². The maximum Gasteiger partial charge on any atom is 1.00 e. The standard InChI is InChI=1S/C14H10N4O/c15-13(19)8-5-6-11-14(17-7-16-11)9-3-1-2-4-10(9)18-12(8)14/h1-7H,(H2,15,19)(H,16,17)/p+1. The molecule has 4 rings (SSSR count). The van der Waals surface area contributed by atoms with Gasteiger partial charge < -0.3 is 11.1 Å². The molecule has 1 aromatic carbocycles. The van der Waals surface area contributed by atoms with Gasteiger partial charge in [0.25, 0.3) is 5.91 Å². The molecule has 1 spiro atoms. The molecule has 5 heteroatoms. The second-order valence-electron chi connectivity index (χ2n) is 4.62. The largest absolute Gasteiger partial charge is 1.00 e. The number of fused-ring (bicyclic) bond motifs is 1. The van der Waals surface area contributed by atoms with Crippen molar-refractivity contribution in [2.45, 2.75) is 5.54 Å². The third-order valence-corrected chi connectivity index (χ3v) is 3.67. The van der Waals surface area contributed by atoms with Gasteiger partial charge in [-0.2, -0.15) is 0 Å². The SMILES string of the molecule is NC(=O)C1=CC=C2NC=NC23C1=Nc1ccccc13.[H+]. The highest BCUT2D eigenvalue weighted by Gasteiger charge is 2.51. The highest BCUT2D eigenvalue weighted by molar-refractivity contribution is 6.29. The monoisotopic (exact) mass is 251 g/mol. The van der Waals surface area contributed by atoms with Crippen LogP contribution in [-0.2, 0) is 10.3 Å². The maximum atomic E-state index is 11.6. The molecule has 0 saturated carbocycles. The summed E-state index contributed by atoms with van der Waals surface area (Å²) in [5.41, 5.74) is 8.48. The number of nitrogens with one attached hydrogen (secondary N) is 1. The Morgan fingerprint density at radius 2 is 2.16 bits per heavy atom. The van der Waals surface area contributed by atoms with Crippen LogP contribution in [0.5, 0.6) is 0 Å². The Balaban J connectivity index is 0.00000121. The molecule has 2 heterocycles. The maximum absolute atomic E-state index is 11.6. The number of hydrogen-bond donors (Lipinski definition) is 2. The molecule has 3 aliphatic rings. The summed E-state index contributed by atoms with van der Waals surface area (Å²) in [5.74, 6) is -0.483. The van der Waals surface area contributed by atoms with Crippen LogP contribution in [0.3, 0.4) is 0 Å². The normalized spacial score (nSPS) is 25.6. The number of rotatable bonds is 1. The van der Waals surface area contributed by atoms with Crippen molar-refractivity contribution >= 4 is 23.6 Å². The number of carbonyl (C=O) groups excluding carboxylic acids is 1. The summed E-state index contributed by atoms with van der Waals surface area (Å²) in [6, 6.07) is 7.76. The van der Waals surface area contributed by atoms with E-state index in [9.17, 15) is 4.79 Å². The summed E-state index contributed by atoms with van der Waals surface area (Å²) < 4.78 is 0. The molecule has 3 N–H and O–H groups in total. The predicted octanol–water partition coefficient (Wildman–Crippen LogP) is 1.02. The molecule has 0 saturated heterocycles. The number of amides is 1. The Morgan fingerprint density at radius 3 is 3.00 bits per heavy atom. The number of aliphatic imine (C=N–C) groups is 2. The molecule has 1 unspecified atom stereocenters. The van der Waals surface area contributed by atoms with Gasteiger partial charge in [0.2, 0.25) is 0 Å². The highest BCUT2D eigenvalue weighted by Crippen LogP contribution is 2.49. The Bertz CT molecular complexity index is 747. The number of benzene rings is 1. The van der Waals surface area contributed by atoms with Crippen molar-refractivity contribution in [1.29, 1.82) is 0 Å². The second-order valence-corrected chi connectivity index (χ2v) is 4.62. The average Bonchev–Trinajstić information content (AvgIpc) is 2.97. The van der Waals surface area contributed by atoms with E-state index in [-0.39, 0.29) is 1.43 Å². The average molecular weight is 251 g/mol. The van der Waals surface area contributed by atoms with Crippen LogP contribution in [-0.4, -0.2) is 18.0 Å². The van der Waals surface area contributed by atoms with Crippen LogP contribution >= 0.6 is 0 Å². The minimum Gasteiger partial charge on any atom is -0.366 e. The van der Waals surface area contributed by atoms with Crippen LogP contribution in [0.2, 0.25) is 0 Å².